The maximum Gasteiger partial charge on any atom is 0.187 e. The zero-order chi connectivity index (χ0) is 22.1. The lowest BCUT2D eigenvalue weighted by molar-refractivity contribution is 0.0987. The van der Waals surface area contributed by atoms with E-state index in [1.165, 1.54) is 0 Å². The molecule has 1 heterocycles. The van der Waals surface area contributed by atoms with E-state index in [2.05, 4.69) is 0 Å². The highest BCUT2D eigenvalue weighted by Gasteiger charge is 2.23. The van der Waals surface area contributed by atoms with Gasteiger partial charge in [0.05, 0.1) is 16.4 Å². The molecule has 4 rings (SSSR count). The maximum absolute atomic E-state index is 13.2. The Morgan fingerprint density at radius 3 is 2.29 bits per heavy atom. The van der Waals surface area contributed by atoms with Gasteiger partial charge in [-0.05, 0) is 49.7 Å². The van der Waals surface area contributed by atoms with Crippen LogP contribution in [0.15, 0.2) is 66.7 Å². The van der Waals surface area contributed by atoms with E-state index in [4.69, 9.17) is 39.9 Å². The molecule has 6 heteroatoms. The number of nitrogens with zero attached hydrogens (tertiary/aromatic N) is 2. The van der Waals surface area contributed by atoms with Gasteiger partial charge in [-0.15, -0.1) is 0 Å². The van der Waals surface area contributed by atoms with E-state index in [0.29, 0.717) is 26.4 Å². The smallest absolute Gasteiger partial charge is 0.187 e. The summed E-state index contributed by atoms with van der Waals surface area (Å²) in [5.74, 6) is -0.0536. The Balaban J connectivity index is 1.85. The highest BCUT2D eigenvalue weighted by atomic mass is 35.5. The maximum atomic E-state index is 13.2. The molecular formula is C25H19Cl3N2O. The van der Waals surface area contributed by atoms with E-state index in [9.17, 15) is 4.79 Å². The van der Waals surface area contributed by atoms with Gasteiger partial charge in [0.25, 0.3) is 0 Å². The summed E-state index contributed by atoms with van der Waals surface area (Å²) in [7, 11) is 0. The summed E-state index contributed by atoms with van der Waals surface area (Å²) >= 11 is 18.7. The van der Waals surface area contributed by atoms with Crippen molar-refractivity contribution in [2.75, 3.05) is 0 Å². The van der Waals surface area contributed by atoms with Crippen LogP contribution < -0.4 is 0 Å². The van der Waals surface area contributed by atoms with Crippen LogP contribution in [0.4, 0.5) is 0 Å². The number of benzene rings is 3. The molecule has 0 fully saturated rings. The number of halogens is 3. The van der Waals surface area contributed by atoms with Crippen LogP contribution in [0.3, 0.4) is 0 Å². The quantitative estimate of drug-likeness (QED) is 0.283. The fourth-order valence-corrected chi connectivity index (χ4v) is 4.24. The molecule has 0 saturated carbocycles. The average Bonchev–Trinajstić information content (AvgIpc) is 3.06. The number of ketones is 1. The van der Waals surface area contributed by atoms with Gasteiger partial charge in [0.2, 0.25) is 0 Å². The molecule has 0 radical (unpaired) electrons. The Kier molecular flexibility index (Phi) is 6.19. The van der Waals surface area contributed by atoms with E-state index in [0.717, 1.165) is 27.9 Å². The van der Waals surface area contributed by atoms with Crippen LogP contribution in [0, 0.1) is 13.8 Å². The minimum atomic E-state index is -0.0536. The second-order valence-electron chi connectivity index (χ2n) is 7.43. The molecule has 0 atom stereocenters. The minimum Gasteiger partial charge on any atom is -0.292 e. The zero-order valence-electron chi connectivity index (χ0n) is 17.0. The van der Waals surface area contributed by atoms with Crippen LogP contribution in [0.2, 0.25) is 15.1 Å². The lowest BCUT2D eigenvalue weighted by atomic mass is 10.0. The van der Waals surface area contributed by atoms with Gasteiger partial charge in [-0.3, -0.25) is 4.79 Å². The number of Topliss-reactive ketones (excluding diaryl/α,β-unsaturated/α-hetero) is 1. The van der Waals surface area contributed by atoms with Crippen molar-refractivity contribution >= 4 is 40.6 Å². The third-order valence-electron chi connectivity index (χ3n) is 5.09. The summed E-state index contributed by atoms with van der Waals surface area (Å²) in [4.78, 5) is 13.2. The molecule has 0 spiro atoms. The highest BCUT2D eigenvalue weighted by molar-refractivity contribution is 6.35. The first kappa shape index (κ1) is 21.6. The SMILES string of the molecule is Cc1cccc(CC(=O)c2nn(-c3ccc(Cl)cc3Cl)c(-c3ccc(Cl)cc3)c2C)c1. The molecule has 3 aromatic carbocycles. The van der Waals surface area contributed by atoms with Crippen molar-refractivity contribution in [2.24, 2.45) is 0 Å². The Morgan fingerprint density at radius 2 is 1.61 bits per heavy atom. The van der Waals surface area contributed by atoms with Gasteiger partial charge < -0.3 is 0 Å². The number of carbonyl (C=O) groups is 1. The van der Waals surface area contributed by atoms with Gasteiger partial charge in [-0.25, -0.2) is 4.68 Å². The number of rotatable bonds is 5. The van der Waals surface area contributed by atoms with Crippen molar-refractivity contribution in [3.8, 4) is 16.9 Å². The van der Waals surface area contributed by atoms with Crippen molar-refractivity contribution in [3.05, 3.63) is 104 Å². The van der Waals surface area contributed by atoms with Crippen LogP contribution in [0.25, 0.3) is 16.9 Å². The Labute approximate surface area is 196 Å². The summed E-state index contributed by atoms with van der Waals surface area (Å²) in [6.07, 6.45) is 0.272. The van der Waals surface area contributed by atoms with Gasteiger partial charge in [0.15, 0.2) is 5.78 Å². The molecule has 0 bridgehead atoms. The van der Waals surface area contributed by atoms with Crippen LogP contribution in [-0.2, 0) is 6.42 Å². The third-order valence-corrected chi connectivity index (χ3v) is 5.88. The predicted octanol–water partition coefficient (Wildman–Crippen LogP) is 7.54. The molecule has 0 aliphatic heterocycles. The summed E-state index contributed by atoms with van der Waals surface area (Å²) in [5.41, 5.74) is 5.58. The second kappa shape index (κ2) is 8.88. The molecule has 156 valence electrons. The summed E-state index contributed by atoms with van der Waals surface area (Å²) in [6.45, 7) is 3.91. The van der Waals surface area contributed by atoms with Gasteiger partial charge in [-0.1, -0.05) is 76.8 Å². The molecule has 3 nitrogen and oxygen atoms in total. The topological polar surface area (TPSA) is 34.9 Å². The summed E-state index contributed by atoms with van der Waals surface area (Å²) in [5, 5.41) is 6.30. The number of hydrogen-bond donors (Lipinski definition) is 0. The normalized spacial score (nSPS) is 11.0. The Morgan fingerprint density at radius 1 is 0.903 bits per heavy atom. The van der Waals surface area contributed by atoms with Gasteiger partial charge in [-0.2, -0.15) is 5.10 Å². The zero-order valence-corrected chi connectivity index (χ0v) is 19.3. The van der Waals surface area contributed by atoms with Crippen molar-refractivity contribution in [1.82, 2.24) is 9.78 Å². The molecule has 0 N–H and O–H groups in total. The second-order valence-corrected chi connectivity index (χ2v) is 8.71. The van der Waals surface area contributed by atoms with Crippen LogP contribution in [0.5, 0.6) is 0 Å². The largest absolute Gasteiger partial charge is 0.292 e. The van der Waals surface area contributed by atoms with Gasteiger partial charge in [0.1, 0.15) is 5.69 Å². The van der Waals surface area contributed by atoms with E-state index >= 15 is 0 Å². The Hall–Kier alpha value is -2.59. The molecule has 4 aromatic rings. The number of aromatic nitrogens is 2. The van der Waals surface area contributed by atoms with E-state index < -0.39 is 0 Å². The predicted molar refractivity (Wildman–Crippen MR) is 128 cm³/mol. The molecule has 31 heavy (non-hydrogen) atoms. The first-order valence-electron chi connectivity index (χ1n) is 9.73. The monoisotopic (exact) mass is 468 g/mol. The van der Waals surface area contributed by atoms with E-state index in [1.807, 2.05) is 62.4 Å². The standard InChI is InChI=1S/C25H19Cl3N2O/c1-15-4-3-5-17(12-15)13-23(31)24-16(2)25(18-6-8-19(26)9-7-18)30(29-24)22-11-10-20(27)14-21(22)28/h3-12,14H,13H2,1-2H3. The molecule has 0 amide bonds. The van der Waals surface area contributed by atoms with E-state index in [1.54, 1.807) is 22.9 Å². The fourth-order valence-electron chi connectivity index (χ4n) is 3.63. The first-order valence-corrected chi connectivity index (χ1v) is 10.9. The lowest BCUT2D eigenvalue weighted by Gasteiger charge is -2.11. The van der Waals surface area contributed by atoms with Gasteiger partial charge in [0, 0.05) is 27.6 Å². The highest BCUT2D eigenvalue weighted by Crippen LogP contribution is 2.33. The number of aryl methyl sites for hydroxylation is 1. The lowest BCUT2D eigenvalue weighted by Crippen LogP contribution is -2.07. The van der Waals surface area contributed by atoms with Crippen molar-refractivity contribution < 1.29 is 4.79 Å². The molecule has 0 aliphatic carbocycles. The molecule has 0 saturated heterocycles. The van der Waals surface area contributed by atoms with Crippen molar-refractivity contribution in [1.29, 1.82) is 0 Å². The third kappa shape index (κ3) is 4.54. The molecule has 0 unspecified atom stereocenters. The van der Waals surface area contributed by atoms with Crippen molar-refractivity contribution in [3.63, 3.8) is 0 Å². The van der Waals surface area contributed by atoms with Crippen LogP contribution >= 0.6 is 34.8 Å². The minimum absolute atomic E-state index is 0.0536. The van der Waals surface area contributed by atoms with Crippen molar-refractivity contribution in [2.45, 2.75) is 20.3 Å². The fraction of sp³-hybridized carbons (Fsp3) is 0.120. The Bertz CT molecular complexity index is 1280. The summed E-state index contributed by atoms with van der Waals surface area (Å²) < 4.78 is 1.71. The summed E-state index contributed by atoms with van der Waals surface area (Å²) in [6, 6.07) is 20.6. The van der Waals surface area contributed by atoms with E-state index in [-0.39, 0.29) is 12.2 Å². The average molecular weight is 470 g/mol. The molecule has 0 aliphatic rings. The molecular weight excluding hydrogens is 451 g/mol. The van der Waals surface area contributed by atoms with Gasteiger partial charge >= 0.3 is 0 Å². The molecule has 1 aromatic heterocycles. The number of carbonyl (C=O) groups excluding carboxylic acids is 1. The number of hydrogen-bond acceptors (Lipinski definition) is 2. The van der Waals surface area contributed by atoms with Crippen LogP contribution in [0.1, 0.15) is 27.2 Å². The van der Waals surface area contributed by atoms with Crippen LogP contribution in [-0.4, -0.2) is 15.6 Å². The first-order chi connectivity index (χ1) is 14.8.